The topological polar surface area (TPSA) is 58.1 Å². The summed E-state index contributed by atoms with van der Waals surface area (Å²) in [6, 6.07) is 4.03. The van der Waals surface area contributed by atoms with E-state index in [9.17, 15) is 4.79 Å². The molecule has 3 rings (SSSR count). The molecule has 0 radical (unpaired) electrons. The Kier molecular flexibility index (Phi) is 4.26. The Morgan fingerprint density at radius 2 is 2.29 bits per heavy atom. The third-order valence-electron chi connectivity index (χ3n) is 3.90. The van der Waals surface area contributed by atoms with E-state index >= 15 is 0 Å². The quantitative estimate of drug-likeness (QED) is 0.943. The lowest BCUT2D eigenvalue weighted by Crippen LogP contribution is -2.41. The molecule has 2 atom stereocenters. The zero-order chi connectivity index (χ0) is 14.7. The number of aromatic nitrogens is 2. The average molecular weight is 302 g/mol. The number of anilines is 1. The molecule has 21 heavy (non-hydrogen) atoms. The summed E-state index contributed by atoms with van der Waals surface area (Å²) in [5, 5.41) is 7.05. The highest BCUT2D eigenvalue weighted by Gasteiger charge is 2.33. The van der Waals surface area contributed by atoms with E-state index in [1.807, 2.05) is 6.92 Å². The molecule has 1 N–H and O–H groups in total. The molecule has 0 aromatic carbocycles. The van der Waals surface area contributed by atoms with Crippen LogP contribution < -0.4 is 5.32 Å². The third-order valence-corrected chi connectivity index (χ3v) is 4.60. The number of rotatable bonds is 4. The predicted octanol–water partition coefficient (Wildman–Crippen LogP) is 2.70. The molecule has 1 amide bonds. The maximum Gasteiger partial charge on any atom is 0.243 e. The van der Waals surface area contributed by atoms with Crippen molar-refractivity contribution in [1.82, 2.24) is 14.9 Å². The number of carbonyl (C=O) groups is 1. The first-order chi connectivity index (χ1) is 10.3. The number of likely N-dealkylation sites (tertiary alicyclic amines) is 1. The predicted molar refractivity (Wildman–Crippen MR) is 83.1 cm³/mol. The summed E-state index contributed by atoms with van der Waals surface area (Å²) in [5.41, 5.74) is 1.31. The highest BCUT2D eigenvalue weighted by atomic mass is 32.1. The van der Waals surface area contributed by atoms with E-state index < -0.39 is 0 Å². The number of hydrogen-bond donors (Lipinski definition) is 1. The fourth-order valence-electron chi connectivity index (χ4n) is 2.80. The molecule has 0 bridgehead atoms. The first kappa shape index (κ1) is 14.2. The fourth-order valence-corrected chi connectivity index (χ4v) is 3.51. The standard InChI is InChI=1S/C15H18N4OS/c1-11(14(20)18-15-16-6-3-7-17-15)19-8-2-4-13(19)12-5-9-21-10-12/h3,5-7,9-11,13H,2,4,8H2,1H3,(H,16,17,18,20). The van der Waals surface area contributed by atoms with Crippen molar-refractivity contribution in [3.63, 3.8) is 0 Å². The molecule has 2 aromatic heterocycles. The molecule has 0 spiro atoms. The van der Waals surface area contributed by atoms with E-state index in [1.54, 1.807) is 29.8 Å². The average Bonchev–Trinajstić information content (AvgIpc) is 3.18. The Hall–Kier alpha value is -1.79. The minimum atomic E-state index is -0.193. The number of hydrogen-bond acceptors (Lipinski definition) is 5. The SMILES string of the molecule is CC(C(=O)Nc1ncccn1)N1CCCC1c1ccsc1. The van der Waals surface area contributed by atoms with Gasteiger partial charge in [-0.2, -0.15) is 11.3 Å². The molecule has 1 saturated heterocycles. The van der Waals surface area contributed by atoms with E-state index in [0.29, 0.717) is 12.0 Å². The minimum absolute atomic E-state index is 0.0525. The van der Waals surface area contributed by atoms with Crippen LogP contribution in [0.15, 0.2) is 35.3 Å². The van der Waals surface area contributed by atoms with Crippen LogP contribution in [0.4, 0.5) is 5.95 Å². The lowest BCUT2D eigenvalue weighted by atomic mass is 10.1. The van der Waals surface area contributed by atoms with Crippen molar-refractivity contribution in [2.24, 2.45) is 0 Å². The van der Waals surface area contributed by atoms with E-state index in [1.165, 1.54) is 5.56 Å². The summed E-state index contributed by atoms with van der Waals surface area (Å²) < 4.78 is 0. The van der Waals surface area contributed by atoms with E-state index in [0.717, 1.165) is 19.4 Å². The first-order valence-electron chi connectivity index (χ1n) is 7.11. The molecule has 3 heterocycles. The summed E-state index contributed by atoms with van der Waals surface area (Å²) in [4.78, 5) is 22.7. The van der Waals surface area contributed by atoms with Crippen LogP contribution in [0.1, 0.15) is 31.4 Å². The molecule has 1 fully saturated rings. The van der Waals surface area contributed by atoms with Gasteiger partial charge in [-0.25, -0.2) is 9.97 Å². The summed E-state index contributed by atoms with van der Waals surface area (Å²) >= 11 is 1.70. The van der Waals surface area contributed by atoms with Crippen molar-refractivity contribution in [2.45, 2.75) is 31.8 Å². The Labute approximate surface area is 128 Å². The second-order valence-corrected chi connectivity index (χ2v) is 5.97. The van der Waals surface area contributed by atoms with Crippen LogP contribution in [0.5, 0.6) is 0 Å². The van der Waals surface area contributed by atoms with E-state index in [4.69, 9.17) is 0 Å². The van der Waals surface area contributed by atoms with E-state index in [2.05, 4.69) is 37.0 Å². The number of thiophene rings is 1. The molecule has 5 nitrogen and oxygen atoms in total. The smallest absolute Gasteiger partial charge is 0.243 e. The van der Waals surface area contributed by atoms with Gasteiger partial charge in [0.2, 0.25) is 11.9 Å². The number of carbonyl (C=O) groups excluding carboxylic acids is 1. The van der Waals surface area contributed by atoms with E-state index in [-0.39, 0.29) is 11.9 Å². The van der Waals surface area contributed by atoms with Gasteiger partial charge in [0.1, 0.15) is 0 Å². The summed E-state index contributed by atoms with van der Waals surface area (Å²) in [7, 11) is 0. The minimum Gasteiger partial charge on any atom is -0.293 e. The molecular formula is C15H18N4OS. The third kappa shape index (κ3) is 3.11. The number of amides is 1. The molecule has 1 aliphatic rings. The van der Waals surface area contributed by atoms with Crippen molar-refractivity contribution in [3.05, 3.63) is 40.8 Å². The fraction of sp³-hybridized carbons (Fsp3) is 0.400. The zero-order valence-electron chi connectivity index (χ0n) is 11.9. The largest absolute Gasteiger partial charge is 0.293 e. The zero-order valence-corrected chi connectivity index (χ0v) is 12.7. The molecule has 110 valence electrons. The van der Waals surface area contributed by atoms with Gasteiger partial charge in [-0.3, -0.25) is 15.0 Å². The maximum atomic E-state index is 12.4. The van der Waals surface area contributed by atoms with Gasteiger partial charge in [-0.1, -0.05) is 0 Å². The lowest BCUT2D eigenvalue weighted by molar-refractivity contribution is -0.121. The van der Waals surface area contributed by atoms with Crippen molar-refractivity contribution in [1.29, 1.82) is 0 Å². The molecule has 1 aliphatic heterocycles. The maximum absolute atomic E-state index is 12.4. The highest BCUT2D eigenvalue weighted by molar-refractivity contribution is 7.07. The Morgan fingerprint density at radius 1 is 1.48 bits per heavy atom. The summed E-state index contributed by atoms with van der Waals surface area (Å²) in [6.45, 7) is 2.90. The van der Waals surface area contributed by atoms with Gasteiger partial charge >= 0.3 is 0 Å². The summed E-state index contributed by atoms with van der Waals surface area (Å²) in [6.07, 6.45) is 5.48. The normalized spacial score (nSPS) is 20.3. The van der Waals surface area contributed by atoms with Gasteiger partial charge in [-0.15, -0.1) is 0 Å². The van der Waals surface area contributed by atoms with Crippen molar-refractivity contribution < 1.29 is 4.79 Å². The second kappa shape index (κ2) is 6.32. The van der Waals surface area contributed by atoms with Gasteiger partial charge in [0, 0.05) is 18.4 Å². The monoisotopic (exact) mass is 302 g/mol. The van der Waals surface area contributed by atoms with Crippen LogP contribution in [0.2, 0.25) is 0 Å². The Bertz CT molecular complexity index is 587. The molecular weight excluding hydrogens is 284 g/mol. The van der Waals surface area contributed by atoms with Crippen LogP contribution in [0, 0.1) is 0 Å². The Morgan fingerprint density at radius 3 is 3.00 bits per heavy atom. The number of nitrogens with one attached hydrogen (secondary N) is 1. The van der Waals surface area contributed by atoms with Crippen molar-refractivity contribution >= 4 is 23.2 Å². The lowest BCUT2D eigenvalue weighted by Gasteiger charge is -2.29. The van der Waals surface area contributed by atoms with Crippen molar-refractivity contribution in [2.75, 3.05) is 11.9 Å². The molecule has 2 unspecified atom stereocenters. The highest BCUT2D eigenvalue weighted by Crippen LogP contribution is 2.34. The molecule has 0 aliphatic carbocycles. The van der Waals surface area contributed by atoms with Gasteiger partial charge in [0.05, 0.1) is 6.04 Å². The van der Waals surface area contributed by atoms with Crippen LogP contribution in [-0.4, -0.2) is 33.4 Å². The van der Waals surface area contributed by atoms with Crippen molar-refractivity contribution in [3.8, 4) is 0 Å². The van der Waals surface area contributed by atoms with Crippen LogP contribution in [0.3, 0.4) is 0 Å². The molecule has 6 heteroatoms. The summed E-state index contributed by atoms with van der Waals surface area (Å²) in [5.74, 6) is 0.309. The first-order valence-corrected chi connectivity index (χ1v) is 8.05. The number of nitrogens with zero attached hydrogens (tertiary/aromatic N) is 3. The van der Waals surface area contributed by atoms with Gasteiger partial charge in [-0.05, 0) is 54.8 Å². The van der Waals surface area contributed by atoms with Gasteiger partial charge in [0.15, 0.2) is 0 Å². The second-order valence-electron chi connectivity index (χ2n) is 5.19. The van der Waals surface area contributed by atoms with Crippen LogP contribution in [-0.2, 0) is 4.79 Å². The molecule has 0 saturated carbocycles. The molecule has 2 aromatic rings. The Balaban J connectivity index is 1.69. The van der Waals surface area contributed by atoms with Crippen LogP contribution >= 0.6 is 11.3 Å². The van der Waals surface area contributed by atoms with Gasteiger partial charge in [0.25, 0.3) is 0 Å². The van der Waals surface area contributed by atoms with Gasteiger partial charge < -0.3 is 0 Å². The van der Waals surface area contributed by atoms with Crippen LogP contribution in [0.25, 0.3) is 0 Å².